The second kappa shape index (κ2) is 6.32. The van der Waals surface area contributed by atoms with Crippen LogP contribution in [0.5, 0.6) is 0 Å². The molecule has 0 bridgehead atoms. The Morgan fingerprint density at radius 2 is 2.22 bits per heavy atom. The summed E-state index contributed by atoms with van der Waals surface area (Å²) in [6.07, 6.45) is 2.75. The maximum atomic E-state index is 5.97. The van der Waals surface area contributed by atoms with E-state index in [1.165, 1.54) is 24.0 Å². The van der Waals surface area contributed by atoms with Crippen molar-refractivity contribution in [3.05, 3.63) is 35.4 Å². The molecule has 2 rings (SSSR count). The molecule has 2 unspecified atom stereocenters. The van der Waals surface area contributed by atoms with E-state index in [4.69, 9.17) is 10.5 Å². The molecule has 0 aromatic heterocycles. The highest BCUT2D eigenvalue weighted by Crippen LogP contribution is 2.23. The second-order valence-corrected chi connectivity index (χ2v) is 5.18. The minimum atomic E-state index is 0.287. The Morgan fingerprint density at radius 3 is 2.83 bits per heavy atom. The highest BCUT2D eigenvalue weighted by molar-refractivity contribution is 5.29. The Balaban J connectivity index is 2.05. The van der Waals surface area contributed by atoms with E-state index >= 15 is 0 Å². The quantitative estimate of drug-likeness (QED) is 0.867. The van der Waals surface area contributed by atoms with Gasteiger partial charge in [0.2, 0.25) is 0 Å². The van der Waals surface area contributed by atoms with Crippen LogP contribution in [0.15, 0.2) is 24.3 Å². The van der Waals surface area contributed by atoms with Gasteiger partial charge in [0.1, 0.15) is 0 Å². The minimum absolute atomic E-state index is 0.287. The molecule has 1 aliphatic heterocycles. The highest BCUT2D eigenvalue weighted by atomic mass is 16.5. The van der Waals surface area contributed by atoms with Crippen molar-refractivity contribution in [2.24, 2.45) is 5.73 Å². The van der Waals surface area contributed by atoms with Crippen LogP contribution in [0.2, 0.25) is 0 Å². The molecular weight excluding hydrogens is 224 g/mol. The maximum absolute atomic E-state index is 5.97. The number of ether oxygens (including phenoxy) is 1. The number of rotatable bonds is 5. The van der Waals surface area contributed by atoms with E-state index in [1.807, 2.05) is 0 Å². The molecule has 3 heteroatoms. The summed E-state index contributed by atoms with van der Waals surface area (Å²) in [7, 11) is 2.14. The van der Waals surface area contributed by atoms with Crippen molar-refractivity contribution < 1.29 is 4.74 Å². The van der Waals surface area contributed by atoms with Crippen LogP contribution < -0.4 is 5.73 Å². The Hall–Kier alpha value is -0.900. The van der Waals surface area contributed by atoms with Gasteiger partial charge in [-0.1, -0.05) is 24.3 Å². The fraction of sp³-hybridized carbons (Fsp3) is 0.600. The summed E-state index contributed by atoms with van der Waals surface area (Å²) in [5.41, 5.74) is 8.61. The number of benzene rings is 1. The molecule has 100 valence electrons. The first-order valence-corrected chi connectivity index (χ1v) is 6.80. The molecule has 18 heavy (non-hydrogen) atoms. The lowest BCUT2D eigenvalue weighted by molar-refractivity contribution is 0.0688. The number of nitrogens with two attached hydrogens (primary N) is 1. The van der Waals surface area contributed by atoms with Crippen molar-refractivity contribution in [3.63, 3.8) is 0 Å². The zero-order valence-corrected chi connectivity index (χ0v) is 11.4. The summed E-state index contributed by atoms with van der Waals surface area (Å²) in [5.74, 6) is 0. The van der Waals surface area contributed by atoms with Crippen LogP contribution in [-0.2, 0) is 4.74 Å². The van der Waals surface area contributed by atoms with Gasteiger partial charge in [0.15, 0.2) is 0 Å². The first-order chi connectivity index (χ1) is 8.72. The van der Waals surface area contributed by atoms with Crippen LogP contribution in [0, 0.1) is 6.92 Å². The summed E-state index contributed by atoms with van der Waals surface area (Å²) in [6, 6.07) is 8.78. The molecule has 0 saturated carbocycles. The summed E-state index contributed by atoms with van der Waals surface area (Å²) < 4.78 is 5.70. The lowest BCUT2D eigenvalue weighted by Crippen LogP contribution is -2.36. The molecule has 0 radical (unpaired) electrons. The van der Waals surface area contributed by atoms with Gasteiger partial charge in [-0.05, 0) is 37.9 Å². The van der Waals surface area contributed by atoms with E-state index in [-0.39, 0.29) is 6.04 Å². The monoisotopic (exact) mass is 248 g/mol. The molecule has 1 saturated heterocycles. The van der Waals surface area contributed by atoms with Gasteiger partial charge in [-0.3, -0.25) is 4.90 Å². The lowest BCUT2D eigenvalue weighted by Gasteiger charge is -2.30. The standard InChI is InChI=1S/C15H24N2O/c1-12-6-3-4-8-14(12)15(10-16)17(2)11-13-7-5-9-18-13/h3-4,6,8,13,15H,5,7,9-11,16H2,1-2H3. The van der Waals surface area contributed by atoms with Crippen molar-refractivity contribution in [1.29, 1.82) is 0 Å². The van der Waals surface area contributed by atoms with E-state index < -0.39 is 0 Å². The van der Waals surface area contributed by atoms with Crippen molar-refractivity contribution in [3.8, 4) is 0 Å². The van der Waals surface area contributed by atoms with Gasteiger partial charge < -0.3 is 10.5 Å². The third kappa shape index (κ3) is 3.10. The van der Waals surface area contributed by atoms with E-state index in [9.17, 15) is 0 Å². The predicted octanol–water partition coefficient (Wildman–Crippen LogP) is 2.11. The molecule has 1 aromatic carbocycles. The summed E-state index contributed by atoms with van der Waals surface area (Å²) >= 11 is 0. The minimum Gasteiger partial charge on any atom is -0.377 e. The molecule has 1 aromatic rings. The number of hydrogen-bond acceptors (Lipinski definition) is 3. The van der Waals surface area contributed by atoms with E-state index in [2.05, 4.69) is 43.1 Å². The van der Waals surface area contributed by atoms with Gasteiger partial charge >= 0.3 is 0 Å². The van der Waals surface area contributed by atoms with E-state index in [1.54, 1.807) is 0 Å². The molecule has 0 amide bonds. The summed E-state index contributed by atoms with van der Waals surface area (Å²) in [6.45, 7) is 4.68. The number of aryl methyl sites for hydroxylation is 1. The molecule has 1 fully saturated rings. The molecule has 1 heterocycles. The van der Waals surface area contributed by atoms with Crippen LogP contribution in [0.25, 0.3) is 0 Å². The van der Waals surface area contributed by atoms with Crippen molar-refractivity contribution in [1.82, 2.24) is 4.90 Å². The largest absolute Gasteiger partial charge is 0.377 e. The van der Waals surface area contributed by atoms with Gasteiger partial charge in [0.25, 0.3) is 0 Å². The summed E-state index contributed by atoms with van der Waals surface area (Å²) in [4.78, 5) is 2.33. The molecule has 0 aliphatic carbocycles. The molecular formula is C15H24N2O. The Bertz CT molecular complexity index is 375. The van der Waals surface area contributed by atoms with Gasteiger partial charge in [0, 0.05) is 25.7 Å². The van der Waals surface area contributed by atoms with E-state index in [0.29, 0.717) is 12.6 Å². The van der Waals surface area contributed by atoms with Gasteiger partial charge in [-0.15, -0.1) is 0 Å². The zero-order valence-electron chi connectivity index (χ0n) is 11.4. The van der Waals surface area contributed by atoms with Crippen LogP contribution in [0.3, 0.4) is 0 Å². The molecule has 3 nitrogen and oxygen atoms in total. The maximum Gasteiger partial charge on any atom is 0.0702 e. The average molecular weight is 248 g/mol. The smallest absolute Gasteiger partial charge is 0.0702 e. The Labute approximate surface area is 110 Å². The average Bonchev–Trinajstić information content (AvgIpc) is 2.85. The Kier molecular flexibility index (Phi) is 4.75. The number of nitrogens with zero attached hydrogens (tertiary/aromatic N) is 1. The topological polar surface area (TPSA) is 38.5 Å². The molecule has 2 atom stereocenters. The van der Waals surface area contributed by atoms with Crippen molar-refractivity contribution in [2.75, 3.05) is 26.7 Å². The van der Waals surface area contributed by atoms with Crippen molar-refractivity contribution >= 4 is 0 Å². The molecule has 0 spiro atoms. The summed E-state index contributed by atoms with van der Waals surface area (Å²) in [5, 5.41) is 0. The van der Waals surface area contributed by atoms with Gasteiger partial charge in [0.05, 0.1) is 6.10 Å². The van der Waals surface area contributed by atoms with Crippen molar-refractivity contribution in [2.45, 2.75) is 31.9 Å². The fourth-order valence-electron chi connectivity index (χ4n) is 2.74. The predicted molar refractivity (Wildman–Crippen MR) is 74.6 cm³/mol. The number of hydrogen-bond donors (Lipinski definition) is 1. The lowest BCUT2D eigenvalue weighted by atomic mass is 10.00. The zero-order chi connectivity index (χ0) is 13.0. The molecule has 2 N–H and O–H groups in total. The van der Waals surface area contributed by atoms with Gasteiger partial charge in [-0.2, -0.15) is 0 Å². The first-order valence-electron chi connectivity index (χ1n) is 6.80. The third-order valence-corrected chi connectivity index (χ3v) is 3.82. The van der Waals surface area contributed by atoms with Crippen LogP contribution in [-0.4, -0.2) is 37.7 Å². The normalized spacial score (nSPS) is 21.4. The molecule has 1 aliphatic rings. The highest BCUT2D eigenvalue weighted by Gasteiger charge is 2.22. The Morgan fingerprint density at radius 1 is 1.44 bits per heavy atom. The number of likely N-dealkylation sites (N-methyl/N-ethyl adjacent to an activating group) is 1. The second-order valence-electron chi connectivity index (χ2n) is 5.18. The SMILES string of the molecule is Cc1ccccc1C(CN)N(C)CC1CCCO1. The van der Waals surface area contributed by atoms with E-state index in [0.717, 1.165) is 13.2 Å². The first kappa shape index (κ1) is 13.5. The van der Waals surface area contributed by atoms with Crippen LogP contribution in [0.1, 0.15) is 30.0 Å². The fourth-order valence-corrected chi connectivity index (χ4v) is 2.74. The third-order valence-electron chi connectivity index (χ3n) is 3.82. The van der Waals surface area contributed by atoms with Crippen LogP contribution in [0.4, 0.5) is 0 Å². The van der Waals surface area contributed by atoms with Gasteiger partial charge in [-0.25, -0.2) is 0 Å². The van der Waals surface area contributed by atoms with Crippen LogP contribution >= 0.6 is 0 Å².